The van der Waals surface area contributed by atoms with Gasteiger partial charge in [0.15, 0.2) is 0 Å². The second-order valence-electron chi connectivity index (χ2n) is 5.07. The zero-order valence-corrected chi connectivity index (χ0v) is 13.4. The highest BCUT2D eigenvalue weighted by molar-refractivity contribution is 7.92. The highest BCUT2D eigenvalue weighted by atomic mass is 32.2. The lowest BCUT2D eigenvalue weighted by molar-refractivity contribution is 0.0876. The Hall–Kier alpha value is -1.80. The molecule has 0 aliphatic carbocycles. The number of benzene rings is 1. The van der Waals surface area contributed by atoms with Gasteiger partial charge in [0, 0.05) is 24.9 Å². The second kappa shape index (κ2) is 6.97. The number of hydrogen-bond acceptors (Lipinski definition) is 5. The van der Waals surface area contributed by atoms with Gasteiger partial charge < -0.3 is 9.47 Å². The number of anilines is 2. The fourth-order valence-electron chi connectivity index (χ4n) is 2.45. The molecule has 0 saturated carbocycles. The van der Waals surface area contributed by atoms with E-state index in [0.29, 0.717) is 37.4 Å². The van der Waals surface area contributed by atoms with E-state index in [9.17, 15) is 13.2 Å². The maximum absolute atomic E-state index is 12.1. The summed E-state index contributed by atoms with van der Waals surface area (Å²) >= 11 is 0. The number of ether oxygens (including phenoxy) is 2. The zero-order valence-electron chi connectivity index (χ0n) is 12.6. The van der Waals surface area contributed by atoms with Gasteiger partial charge in [0.1, 0.15) is 0 Å². The van der Waals surface area contributed by atoms with Crippen LogP contribution in [0.25, 0.3) is 0 Å². The number of carbonyl (C=O) groups excluding carboxylic acids is 1. The van der Waals surface area contributed by atoms with Crippen LogP contribution in [0, 0.1) is 0 Å². The molecule has 1 aromatic carbocycles. The Morgan fingerprint density at radius 3 is 2.36 bits per heavy atom. The summed E-state index contributed by atoms with van der Waals surface area (Å²) in [7, 11) is -2.11. The molecule has 0 spiro atoms. The van der Waals surface area contributed by atoms with Crippen molar-refractivity contribution in [1.82, 2.24) is 0 Å². The zero-order chi connectivity index (χ0) is 16.2. The van der Waals surface area contributed by atoms with Gasteiger partial charge in [0.05, 0.1) is 19.1 Å². The fraction of sp³-hybridized carbons (Fsp3) is 0.500. The molecule has 22 heavy (non-hydrogen) atoms. The van der Waals surface area contributed by atoms with Crippen LogP contribution in [0.2, 0.25) is 0 Å². The molecule has 122 valence electrons. The van der Waals surface area contributed by atoms with Crippen LogP contribution in [0.15, 0.2) is 24.3 Å². The number of sulfonamides is 1. The fourth-order valence-corrected chi connectivity index (χ4v) is 3.71. The van der Waals surface area contributed by atoms with Gasteiger partial charge in [-0.3, -0.25) is 9.62 Å². The van der Waals surface area contributed by atoms with Crippen LogP contribution in [0.3, 0.4) is 0 Å². The molecular weight excluding hydrogens is 308 g/mol. The van der Waals surface area contributed by atoms with E-state index in [2.05, 4.69) is 10.1 Å². The largest absolute Gasteiger partial charge is 0.453 e. The number of hydrogen-bond donors (Lipinski definition) is 1. The van der Waals surface area contributed by atoms with E-state index in [1.165, 1.54) is 17.7 Å². The van der Waals surface area contributed by atoms with Crippen LogP contribution in [-0.4, -0.2) is 47.1 Å². The number of methoxy groups -OCH3 is 1. The van der Waals surface area contributed by atoms with Crippen LogP contribution in [0.5, 0.6) is 0 Å². The van der Waals surface area contributed by atoms with Gasteiger partial charge in [-0.15, -0.1) is 0 Å². The average Bonchev–Trinajstić information content (AvgIpc) is 2.49. The Bertz CT molecular complexity index is 609. The predicted octanol–water partition coefficient (Wildman–Crippen LogP) is 1.81. The molecular formula is C14H20N2O5S. The van der Waals surface area contributed by atoms with Crippen molar-refractivity contribution in [3.8, 4) is 0 Å². The molecule has 8 heteroatoms. The van der Waals surface area contributed by atoms with E-state index in [4.69, 9.17) is 4.74 Å². The van der Waals surface area contributed by atoms with E-state index < -0.39 is 16.1 Å². The summed E-state index contributed by atoms with van der Waals surface area (Å²) in [6.45, 7) is 1.11. The van der Waals surface area contributed by atoms with Crippen molar-refractivity contribution < 1.29 is 22.7 Å². The summed E-state index contributed by atoms with van der Waals surface area (Å²) in [4.78, 5) is 11.2. The van der Waals surface area contributed by atoms with Gasteiger partial charge in [0.25, 0.3) is 0 Å². The molecule has 0 unspecified atom stereocenters. The van der Waals surface area contributed by atoms with Crippen molar-refractivity contribution in [2.24, 2.45) is 0 Å². The summed E-state index contributed by atoms with van der Waals surface area (Å²) in [5, 5.41) is 2.53. The highest BCUT2D eigenvalue weighted by Crippen LogP contribution is 2.27. The summed E-state index contributed by atoms with van der Waals surface area (Å²) in [6, 6.07) is 6.51. The molecule has 0 aromatic heterocycles. The summed E-state index contributed by atoms with van der Waals surface area (Å²) < 4.78 is 35.5. The molecule has 1 aromatic rings. The third-order valence-electron chi connectivity index (χ3n) is 3.43. The van der Waals surface area contributed by atoms with Gasteiger partial charge in [-0.05, 0) is 37.1 Å². The first-order valence-corrected chi connectivity index (χ1v) is 8.79. The normalized spacial score (nSPS) is 16.1. The third kappa shape index (κ3) is 4.11. The molecule has 1 amide bonds. The minimum atomic E-state index is -3.39. The minimum Gasteiger partial charge on any atom is -0.453 e. The molecule has 1 heterocycles. The molecule has 1 N–H and O–H groups in total. The molecule has 0 radical (unpaired) electrons. The monoisotopic (exact) mass is 328 g/mol. The van der Waals surface area contributed by atoms with Crippen molar-refractivity contribution >= 4 is 27.5 Å². The maximum atomic E-state index is 12.1. The molecule has 0 atom stereocenters. The predicted molar refractivity (Wildman–Crippen MR) is 83.6 cm³/mol. The van der Waals surface area contributed by atoms with Crippen LogP contribution >= 0.6 is 0 Å². The lowest BCUT2D eigenvalue weighted by Gasteiger charge is -2.34. The molecule has 0 bridgehead atoms. The molecule has 1 saturated heterocycles. The first kappa shape index (κ1) is 16.6. The van der Waals surface area contributed by atoms with E-state index in [1.54, 1.807) is 24.3 Å². The van der Waals surface area contributed by atoms with Crippen molar-refractivity contribution in [2.75, 3.05) is 36.2 Å². The summed E-state index contributed by atoms with van der Waals surface area (Å²) in [5.41, 5.74) is 1.11. The van der Waals surface area contributed by atoms with Crippen molar-refractivity contribution in [3.63, 3.8) is 0 Å². The van der Waals surface area contributed by atoms with E-state index in [-0.39, 0.29) is 6.04 Å². The Morgan fingerprint density at radius 2 is 1.86 bits per heavy atom. The van der Waals surface area contributed by atoms with Gasteiger partial charge in [-0.1, -0.05) is 0 Å². The first-order valence-electron chi connectivity index (χ1n) is 6.94. The SMILES string of the molecule is COC(=O)Nc1ccc(N(C2CCOCC2)S(C)(=O)=O)cc1. The maximum Gasteiger partial charge on any atom is 0.411 e. The summed E-state index contributed by atoms with van der Waals surface area (Å²) in [6.07, 6.45) is 1.95. The van der Waals surface area contributed by atoms with E-state index >= 15 is 0 Å². The Morgan fingerprint density at radius 1 is 1.27 bits per heavy atom. The number of nitrogens with zero attached hydrogens (tertiary/aromatic N) is 1. The lowest BCUT2D eigenvalue weighted by Crippen LogP contribution is -2.43. The van der Waals surface area contributed by atoms with Gasteiger partial charge in [-0.25, -0.2) is 13.2 Å². The smallest absolute Gasteiger partial charge is 0.411 e. The Balaban J connectivity index is 2.22. The van der Waals surface area contributed by atoms with Crippen LogP contribution in [0.1, 0.15) is 12.8 Å². The van der Waals surface area contributed by atoms with E-state index in [1.807, 2.05) is 0 Å². The molecule has 1 fully saturated rings. The Kier molecular flexibility index (Phi) is 5.25. The lowest BCUT2D eigenvalue weighted by atomic mass is 10.1. The molecule has 1 aliphatic rings. The standard InChI is InChI=1S/C14H20N2O5S/c1-20-14(17)15-11-3-5-12(6-4-11)16(22(2,18)19)13-7-9-21-10-8-13/h3-6,13H,7-10H2,1-2H3,(H,15,17). The van der Waals surface area contributed by atoms with Crippen LogP contribution in [-0.2, 0) is 19.5 Å². The first-order chi connectivity index (χ1) is 10.4. The van der Waals surface area contributed by atoms with Crippen molar-refractivity contribution in [3.05, 3.63) is 24.3 Å². The number of amides is 1. The van der Waals surface area contributed by atoms with Gasteiger partial charge >= 0.3 is 6.09 Å². The van der Waals surface area contributed by atoms with Crippen LogP contribution in [0.4, 0.5) is 16.2 Å². The number of nitrogens with one attached hydrogen (secondary N) is 1. The number of carbonyl (C=O) groups is 1. The van der Waals surface area contributed by atoms with Gasteiger partial charge in [0.2, 0.25) is 10.0 Å². The quantitative estimate of drug-likeness (QED) is 0.911. The highest BCUT2D eigenvalue weighted by Gasteiger charge is 2.28. The average molecular weight is 328 g/mol. The second-order valence-corrected chi connectivity index (χ2v) is 6.93. The molecule has 2 rings (SSSR count). The minimum absolute atomic E-state index is 0.108. The summed E-state index contributed by atoms with van der Waals surface area (Å²) in [5.74, 6) is 0. The topological polar surface area (TPSA) is 84.9 Å². The van der Waals surface area contributed by atoms with E-state index in [0.717, 1.165) is 0 Å². The Labute approximate surface area is 130 Å². The third-order valence-corrected chi connectivity index (χ3v) is 4.66. The molecule has 1 aliphatic heterocycles. The van der Waals surface area contributed by atoms with Crippen LogP contribution < -0.4 is 9.62 Å². The van der Waals surface area contributed by atoms with Crippen molar-refractivity contribution in [2.45, 2.75) is 18.9 Å². The van der Waals surface area contributed by atoms with Gasteiger partial charge in [-0.2, -0.15) is 0 Å². The number of rotatable bonds is 4. The van der Waals surface area contributed by atoms with Crippen molar-refractivity contribution in [1.29, 1.82) is 0 Å². The molecule has 7 nitrogen and oxygen atoms in total.